The summed E-state index contributed by atoms with van der Waals surface area (Å²) in [7, 11) is 0. The molecule has 1 aromatic rings. The summed E-state index contributed by atoms with van der Waals surface area (Å²) in [5.74, 6) is -0.555. The summed E-state index contributed by atoms with van der Waals surface area (Å²) in [5.41, 5.74) is 0. The fraction of sp³-hybridized carbons (Fsp3) is 0.286. The second kappa shape index (κ2) is 4.53. The van der Waals surface area contributed by atoms with Gasteiger partial charge in [0.05, 0.1) is 11.6 Å². The number of carbonyl (C=O) groups is 1. The largest absolute Gasteiger partial charge is 0.346 e. The Morgan fingerprint density at radius 2 is 2.38 bits per heavy atom. The first-order chi connectivity index (χ1) is 6.11. The third kappa shape index (κ3) is 2.93. The number of amides is 1. The maximum Gasteiger partial charge on any atom is 0.263 e. The van der Waals surface area contributed by atoms with Crippen LogP contribution in [0.2, 0.25) is 5.02 Å². The van der Waals surface area contributed by atoms with Gasteiger partial charge in [-0.05, 0) is 11.4 Å². The second-order valence-electron chi connectivity index (χ2n) is 2.20. The van der Waals surface area contributed by atoms with Gasteiger partial charge in [0.1, 0.15) is 4.88 Å². The van der Waals surface area contributed by atoms with Gasteiger partial charge in [-0.2, -0.15) is 0 Å². The predicted molar refractivity (Wildman–Crippen MR) is 47.7 cm³/mol. The van der Waals surface area contributed by atoms with Crippen molar-refractivity contribution >= 4 is 28.8 Å². The summed E-state index contributed by atoms with van der Waals surface area (Å²) < 4.78 is 23.4. The molecule has 2 nitrogen and oxygen atoms in total. The van der Waals surface area contributed by atoms with Crippen molar-refractivity contribution in [2.24, 2.45) is 0 Å². The lowest BCUT2D eigenvalue weighted by Crippen LogP contribution is -2.27. The van der Waals surface area contributed by atoms with Gasteiger partial charge in [0, 0.05) is 0 Å². The molecule has 1 aromatic heterocycles. The molecule has 1 amide bonds. The molecule has 72 valence electrons. The molecule has 13 heavy (non-hydrogen) atoms. The standard InChI is InChI=1S/C7H6ClF2NOS/c8-4-1-2-13-6(4)7(12)11-3-5(9)10/h1-2,5H,3H2,(H,11,12). The topological polar surface area (TPSA) is 29.1 Å². The Hall–Kier alpha value is -0.680. The third-order valence-electron chi connectivity index (χ3n) is 1.24. The summed E-state index contributed by atoms with van der Waals surface area (Å²) in [6.07, 6.45) is -2.54. The molecule has 0 aliphatic heterocycles. The van der Waals surface area contributed by atoms with Gasteiger partial charge in [0.25, 0.3) is 12.3 Å². The summed E-state index contributed by atoms with van der Waals surface area (Å²) in [6.45, 7) is -0.646. The zero-order chi connectivity index (χ0) is 9.84. The van der Waals surface area contributed by atoms with Gasteiger partial charge in [-0.15, -0.1) is 11.3 Å². The summed E-state index contributed by atoms with van der Waals surface area (Å²) in [5, 5.41) is 3.98. The maximum atomic E-state index is 11.7. The van der Waals surface area contributed by atoms with Crippen LogP contribution >= 0.6 is 22.9 Å². The molecule has 0 radical (unpaired) electrons. The van der Waals surface area contributed by atoms with E-state index in [9.17, 15) is 13.6 Å². The molecule has 0 aliphatic carbocycles. The molecule has 0 saturated carbocycles. The van der Waals surface area contributed by atoms with Crippen LogP contribution in [0.5, 0.6) is 0 Å². The molecule has 0 aliphatic rings. The lowest BCUT2D eigenvalue weighted by molar-refractivity contribution is 0.0896. The average molecular weight is 226 g/mol. The van der Waals surface area contributed by atoms with E-state index >= 15 is 0 Å². The minimum Gasteiger partial charge on any atom is -0.346 e. The third-order valence-corrected chi connectivity index (χ3v) is 2.58. The quantitative estimate of drug-likeness (QED) is 0.841. The van der Waals surface area contributed by atoms with Gasteiger partial charge < -0.3 is 5.32 Å². The fourth-order valence-corrected chi connectivity index (χ4v) is 1.76. The van der Waals surface area contributed by atoms with Crippen LogP contribution in [-0.2, 0) is 0 Å². The van der Waals surface area contributed by atoms with Crippen LogP contribution in [-0.4, -0.2) is 18.9 Å². The number of nitrogens with one attached hydrogen (secondary N) is 1. The number of thiophene rings is 1. The Morgan fingerprint density at radius 3 is 2.85 bits per heavy atom. The Bertz CT molecular complexity index is 302. The Kier molecular flexibility index (Phi) is 3.62. The van der Waals surface area contributed by atoms with Crippen molar-refractivity contribution in [3.05, 3.63) is 21.3 Å². The van der Waals surface area contributed by atoms with Crippen molar-refractivity contribution in [1.29, 1.82) is 0 Å². The maximum absolute atomic E-state index is 11.7. The molecule has 0 atom stereocenters. The van der Waals surface area contributed by atoms with Crippen LogP contribution in [0.25, 0.3) is 0 Å². The van der Waals surface area contributed by atoms with E-state index in [0.29, 0.717) is 0 Å². The first-order valence-electron chi connectivity index (χ1n) is 3.40. The zero-order valence-electron chi connectivity index (χ0n) is 6.39. The van der Waals surface area contributed by atoms with E-state index in [0.717, 1.165) is 11.3 Å². The number of carbonyl (C=O) groups excluding carboxylic acids is 1. The first kappa shape index (κ1) is 10.4. The minimum atomic E-state index is -2.54. The van der Waals surface area contributed by atoms with E-state index in [4.69, 9.17) is 11.6 Å². The minimum absolute atomic E-state index is 0.266. The highest BCUT2D eigenvalue weighted by Crippen LogP contribution is 2.21. The second-order valence-corrected chi connectivity index (χ2v) is 3.52. The number of hydrogen-bond acceptors (Lipinski definition) is 2. The van der Waals surface area contributed by atoms with Gasteiger partial charge in [0.15, 0.2) is 0 Å². The van der Waals surface area contributed by atoms with Crippen molar-refractivity contribution < 1.29 is 13.6 Å². The highest BCUT2D eigenvalue weighted by atomic mass is 35.5. The van der Waals surface area contributed by atoms with Crippen LogP contribution in [0.1, 0.15) is 9.67 Å². The molecule has 6 heteroatoms. The van der Waals surface area contributed by atoms with E-state index in [1.807, 2.05) is 0 Å². The Balaban J connectivity index is 2.54. The van der Waals surface area contributed by atoms with Crippen LogP contribution in [0.3, 0.4) is 0 Å². The van der Waals surface area contributed by atoms with Gasteiger partial charge in [-0.3, -0.25) is 4.79 Å². The summed E-state index contributed by atoms with van der Waals surface area (Å²) >= 11 is 6.73. The molecule has 0 unspecified atom stereocenters. The summed E-state index contributed by atoms with van der Waals surface area (Å²) in [6, 6.07) is 1.55. The van der Waals surface area contributed by atoms with Crippen LogP contribution in [0.15, 0.2) is 11.4 Å². The lowest BCUT2D eigenvalue weighted by Gasteiger charge is -2.01. The molecule has 0 spiro atoms. The van der Waals surface area contributed by atoms with Gasteiger partial charge >= 0.3 is 0 Å². The number of alkyl halides is 2. The number of halogens is 3. The van der Waals surface area contributed by atoms with E-state index in [1.54, 1.807) is 11.4 Å². The molecule has 1 heterocycles. The van der Waals surface area contributed by atoms with E-state index in [2.05, 4.69) is 5.32 Å². The van der Waals surface area contributed by atoms with Crippen LogP contribution < -0.4 is 5.32 Å². The van der Waals surface area contributed by atoms with Crippen molar-refractivity contribution in [3.63, 3.8) is 0 Å². The van der Waals surface area contributed by atoms with Crippen molar-refractivity contribution in [3.8, 4) is 0 Å². The summed E-state index contributed by atoms with van der Waals surface area (Å²) in [4.78, 5) is 11.4. The van der Waals surface area contributed by atoms with Gasteiger partial charge in [-0.25, -0.2) is 8.78 Å². The fourth-order valence-electron chi connectivity index (χ4n) is 0.706. The monoisotopic (exact) mass is 225 g/mol. The average Bonchev–Trinajstić information content (AvgIpc) is 2.47. The number of rotatable bonds is 3. The molecule has 1 N–H and O–H groups in total. The Morgan fingerprint density at radius 1 is 1.69 bits per heavy atom. The zero-order valence-corrected chi connectivity index (χ0v) is 7.96. The van der Waals surface area contributed by atoms with E-state index < -0.39 is 18.9 Å². The SMILES string of the molecule is O=C(NCC(F)F)c1sccc1Cl. The Labute approximate surface area is 82.5 Å². The highest BCUT2D eigenvalue weighted by molar-refractivity contribution is 7.12. The van der Waals surface area contributed by atoms with Crippen molar-refractivity contribution in [2.75, 3.05) is 6.54 Å². The van der Waals surface area contributed by atoms with E-state index in [1.165, 1.54) is 0 Å². The molecular weight excluding hydrogens is 220 g/mol. The van der Waals surface area contributed by atoms with Gasteiger partial charge in [-0.1, -0.05) is 11.6 Å². The van der Waals surface area contributed by atoms with Crippen molar-refractivity contribution in [1.82, 2.24) is 5.32 Å². The molecule has 0 saturated heterocycles. The first-order valence-corrected chi connectivity index (χ1v) is 4.66. The normalized spacial score (nSPS) is 10.5. The smallest absolute Gasteiger partial charge is 0.263 e. The lowest BCUT2D eigenvalue weighted by atomic mass is 10.4. The van der Waals surface area contributed by atoms with Crippen LogP contribution in [0, 0.1) is 0 Å². The highest BCUT2D eigenvalue weighted by Gasteiger charge is 2.12. The molecule has 1 rings (SSSR count). The predicted octanol–water partition coefficient (Wildman–Crippen LogP) is 2.40. The molecular formula is C7H6ClF2NOS. The van der Waals surface area contributed by atoms with Crippen LogP contribution in [0.4, 0.5) is 8.78 Å². The molecule has 0 bridgehead atoms. The van der Waals surface area contributed by atoms with E-state index in [-0.39, 0.29) is 9.90 Å². The van der Waals surface area contributed by atoms with Crippen molar-refractivity contribution in [2.45, 2.75) is 6.43 Å². The molecule has 0 fully saturated rings. The number of hydrogen-bond donors (Lipinski definition) is 1. The van der Waals surface area contributed by atoms with Gasteiger partial charge in [0.2, 0.25) is 0 Å². The molecule has 0 aromatic carbocycles.